The van der Waals surface area contributed by atoms with E-state index in [0.29, 0.717) is 0 Å². The van der Waals surface area contributed by atoms with E-state index in [2.05, 4.69) is 19.2 Å². The predicted molar refractivity (Wildman–Crippen MR) is 49.3 cm³/mol. The van der Waals surface area contributed by atoms with Crippen molar-refractivity contribution in [2.45, 2.75) is 44.2 Å². The minimum atomic E-state index is -0.0570. The SMILES string of the molecule is COC(=O)[C@@H]1C[C@@]2(C)CC[C@]1(C)N2. The highest BCUT2D eigenvalue weighted by atomic mass is 16.5. The first-order chi connectivity index (χ1) is 5.99. The van der Waals surface area contributed by atoms with Gasteiger partial charge in [-0.2, -0.15) is 0 Å². The lowest BCUT2D eigenvalue weighted by molar-refractivity contribution is -0.147. The number of carbonyl (C=O) groups excluding carboxylic acids is 1. The van der Waals surface area contributed by atoms with Crippen LogP contribution in [0.4, 0.5) is 0 Å². The number of esters is 1. The van der Waals surface area contributed by atoms with Crippen LogP contribution in [0.1, 0.15) is 33.1 Å². The minimum absolute atomic E-state index is 0.0121. The lowest BCUT2D eigenvalue weighted by atomic mass is 9.75. The lowest BCUT2D eigenvalue weighted by Gasteiger charge is -2.28. The zero-order chi connectivity index (χ0) is 9.69. The fourth-order valence-electron chi connectivity index (χ4n) is 2.93. The number of fused-ring (bicyclic) bond motifs is 2. The molecule has 0 amide bonds. The Morgan fingerprint density at radius 3 is 2.54 bits per heavy atom. The Morgan fingerprint density at radius 1 is 1.46 bits per heavy atom. The number of hydrogen-bond acceptors (Lipinski definition) is 3. The van der Waals surface area contributed by atoms with Crippen LogP contribution in [0, 0.1) is 5.92 Å². The molecule has 2 rings (SSSR count). The molecular weight excluding hydrogens is 166 g/mol. The van der Waals surface area contributed by atoms with Gasteiger partial charge in [0.05, 0.1) is 13.0 Å². The first kappa shape index (κ1) is 9.00. The number of hydrogen-bond donors (Lipinski definition) is 1. The third-order valence-electron chi connectivity index (χ3n) is 3.69. The maximum atomic E-state index is 11.5. The van der Waals surface area contributed by atoms with Gasteiger partial charge in [-0.1, -0.05) is 0 Å². The van der Waals surface area contributed by atoms with Crippen molar-refractivity contribution in [2.24, 2.45) is 5.92 Å². The maximum absolute atomic E-state index is 11.5. The van der Waals surface area contributed by atoms with E-state index in [4.69, 9.17) is 4.74 Å². The van der Waals surface area contributed by atoms with Gasteiger partial charge in [-0.15, -0.1) is 0 Å². The number of ether oxygens (including phenoxy) is 1. The Morgan fingerprint density at radius 2 is 2.15 bits per heavy atom. The topological polar surface area (TPSA) is 38.3 Å². The summed E-state index contributed by atoms with van der Waals surface area (Å²) in [6, 6.07) is 0. The van der Waals surface area contributed by atoms with Gasteiger partial charge in [-0.25, -0.2) is 0 Å². The molecule has 3 nitrogen and oxygen atoms in total. The largest absolute Gasteiger partial charge is 0.469 e. The summed E-state index contributed by atoms with van der Waals surface area (Å²) in [5.41, 5.74) is 0.162. The van der Waals surface area contributed by atoms with Crippen molar-refractivity contribution >= 4 is 5.97 Å². The molecule has 2 aliphatic rings. The van der Waals surface area contributed by atoms with Gasteiger partial charge in [0.25, 0.3) is 0 Å². The molecule has 0 spiro atoms. The molecule has 2 bridgehead atoms. The van der Waals surface area contributed by atoms with E-state index in [-0.39, 0.29) is 23.0 Å². The van der Waals surface area contributed by atoms with Crippen LogP contribution in [0.15, 0.2) is 0 Å². The van der Waals surface area contributed by atoms with Gasteiger partial charge in [0, 0.05) is 11.1 Å². The molecule has 0 aromatic rings. The van der Waals surface area contributed by atoms with E-state index in [0.717, 1.165) is 12.8 Å². The number of methoxy groups -OCH3 is 1. The van der Waals surface area contributed by atoms with Crippen LogP contribution in [0.5, 0.6) is 0 Å². The molecule has 0 aromatic heterocycles. The van der Waals surface area contributed by atoms with Crippen LogP contribution >= 0.6 is 0 Å². The summed E-state index contributed by atoms with van der Waals surface area (Å²) in [5.74, 6) is -0.00493. The summed E-state index contributed by atoms with van der Waals surface area (Å²) in [4.78, 5) is 11.5. The van der Waals surface area contributed by atoms with Gasteiger partial charge in [0.15, 0.2) is 0 Å². The molecule has 74 valence electrons. The van der Waals surface area contributed by atoms with E-state index in [9.17, 15) is 4.79 Å². The molecule has 0 unspecified atom stereocenters. The highest BCUT2D eigenvalue weighted by Crippen LogP contribution is 2.48. The molecular formula is C10H17NO2. The average molecular weight is 183 g/mol. The van der Waals surface area contributed by atoms with E-state index in [1.54, 1.807) is 0 Å². The second-order valence-corrected chi connectivity index (χ2v) is 4.88. The molecule has 2 heterocycles. The third kappa shape index (κ3) is 1.17. The molecule has 3 atom stereocenters. The fourth-order valence-corrected chi connectivity index (χ4v) is 2.93. The standard InChI is InChI=1S/C10H17NO2/c1-9-4-5-10(2,11-9)7(6-9)8(12)13-3/h7,11H,4-6H2,1-3H3/t7-,9+,10-/m0/s1. The summed E-state index contributed by atoms with van der Waals surface area (Å²) in [6.45, 7) is 4.33. The summed E-state index contributed by atoms with van der Waals surface area (Å²) in [6.07, 6.45) is 3.19. The Bertz CT molecular complexity index is 253. The average Bonchev–Trinajstić information content (AvgIpc) is 2.51. The Hall–Kier alpha value is -0.570. The first-order valence-corrected chi connectivity index (χ1v) is 4.86. The Kier molecular flexibility index (Phi) is 1.71. The molecule has 0 aromatic carbocycles. The van der Waals surface area contributed by atoms with Crippen molar-refractivity contribution in [2.75, 3.05) is 7.11 Å². The van der Waals surface area contributed by atoms with Crippen LogP contribution in [-0.4, -0.2) is 24.2 Å². The molecule has 1 N–H and O–H groups in total. The molecule has 0 aliphatic carbocycles. The third-order valence-corrected chi connectivity index (χ3v) is 3.69. The number of rotatable bonds is 1. The predicted octanol–water partition coefficient (Wildman–Crippen LogP) is 1.08. The van der Waals surface area contributed by atoms with Crippen LogP contribution < -0.4 is 5.32 Å². The van der Waals surface area contributed by atoms with E-state index < -0.39 is 0 Å². The van der Waals surface area contributed by atoms with Crippen molar-refractivity contribution < 1.29 is 9.53 Å². The highest BCUT2D eigenvalue weighted by Gasteiger charge is 2.57. The number of nitrogens with one attached hydrogen (secondary N) is 1. The van der Waals surface area contributed by atoms with Gasteiger partial charge >= 0.3 is 5.97 Å². The van der Waals surface area contributed by atoms with Crippen molar-refractivity contribution in [3.63, 3.8) is 0 Å². The zero-order valence-electron chi connectivity index (χ0n) is 8.52. The maximum Gasteiger partial charge on any atom is 0.310 e. The fraction of sp³-hybridized carbons (Fsp3) is 0.900. The van der Waals surface area contributed by atoms with Crippen LogP contribution in [-0.2, 0) is 9.53 Å². The van der Waals surface area contributed by atoms with Gasteiger partial charge < -0.3 is 10.1 Å². The molecule has 0 radical (unpaired) electrons. The van der Waals surface area contributed by atoms with Gasteiger partial charge in [-0.05, 0) is 33.1 Å². The van der Waals surface area contributed by atoms with Crippen LogP contribution in [0.2, 0.25) is 0 Å². The lowest BCUT2D eigenvalue weighted by Crippen LogP contribution is -2.43. The molecule has 2 fully saturated rings. The van der Waals surface area contributed by atoms with E-state index in [1.807, 2.05) is 0 Å². The quantitative estimate of drug-likeness (QED) is 0.618. The Balaban J connectivity index is 2.21. The summed E-state index contributed by atoms with van der Waals surface area (Å²) < 4.78 is 4.82. The summed E-state index contributed by atoms with van der Waals surface area (Å²) in [7, 11) is 1.47. The minimum Gasteiger partial charge on any atom is -0.469 e. The van der Waals surface area contributed by atoms with Gasteiger partial charge in [0.2, 0.25) is 0 Å². The molecule has 3 heteroatoms. The van der Waals surface area contributed by atoms with Crippen molar-refractivity contribution in [1.29, 1.82) is 0 Å². The van der Waals surface area contributed by atoms with Gasteiger partial charge in [0.1, 0.15) is 0 Å². The Labute approximate surface area is 78.8 Å². The smallest absolute Gasteiger partial charge is 0.310 e. The van der Waals surface area contributed by atoms with Crippen molar-refractivity contribution in [3.05, 3.63) is 0 Å². The van der Waals surface area contributed by atoms with E-state index in [1.165, 1.54) is 13.5 Å². The molecule has 2 aliphatic heterocycles. The summed E-state index contributed by atoms with van der Waals surface area (Å²) in [5, 5.41) is 3.55. The summed E-state index contributed by atoms with van der Waals surface area (Å²) >= 11 is 0. The van der Waals surface area contributed by atoms with Crippen LogP contribution in [0.3, 0.4) is 0 Å². The zero-order valence-corrected chi connectivity index (χ0v) is 8.52. The molecule has 13 heavy (non-hydrogen) atoms. The van der Waals surface area contributed by atoms with Crippen molar-refractivity contribution in [1.82, 2.24) is 5.32 Å². The van der Waals surface area contributed by atoms with E-state index >= 15 is 0 Å². The van der Waals surface area contributed by atoms with Crippen LogP contribution in [0.25, 0.3) is 0 Å². The molecule has 2 saturated heterocycles. The second-order valence-electron chi connectivity index (χ2n) is 4.88. The monoisotopic (exact) mass is 183 g/mol. The second kappa shape index (κ2) is 2.47. The highest BCUT2D eigenvalue weighted by molar-refractivity contribution is 5.75. The van der Waals surface area contributed by atoms with Gasteiger partial charge in [-0.3, -0.25) is 4.79 Å². The van der Waals surface area contributed by atoms with Crippen molar-refractivity contribution in [3.8, 4) is 0 Å². The molecule has 0 saturated carbocycles. The first-order valence-electron chi connectivity index (χ1n) is 4.86. The normalized spacial score (nSPS) is 48.1. The number of carbonyl (C=O) groups is 1.